The molecule has 164 valence electrons. The lowest BCUT2D eigenvalue weighted by Crippen LogP contribution is -3.17. The number of nitrogens with zero attached hydrogens (tertiary/aromatic N) is 1. The summed E-state index contributed by atoms with van der Waals surface area (Å²) < 4.78 is 26.8. The average molecular weight is 441 g/mol. The number of carbonyl (C=O) groups is 1. The predicted molar refractivity (Wildman–Crippen MR) is 122 cm³/mol. The first-order valence-corrected chi connectivity index (χ1v) is 12.4. The molecular formula is C24H30N3O3S+. The number of sulfonamides is 1. The minimum Gasteiger partial charge on any atom is -0.321 e. The Kier molecular flexibility index (Phi) is 6.55. The predicted octanol–water partition coefficient (Wildman–Crippen LogP) is 2.17. The summed E-state index contributed by atoms with van der Waals surface area (Å²) in [7, 11) is -3.44. The van der Waals surface area contributed by atoms with Crippen LogP contribution in [0.5, 0.6) is 0 Å². The lowest BCUT2D eigenvalue weighted by molar-refractivity contribution is -0.909. The molecule has 2 aliphatic heterocycles. The van der Waals surface area contributed by atoms with Gasteiger partial charge in [0.15, 0.2) is 6.04 Å². The van der Waals surface area contributed by atoms with Crippen molar-refractivity contribution in [2.75, 3.05) is 31.5 Å². The van der Waals surface area contributed by atoms with Crippen LogP contribution in [-0.4, -0.2) is 50.9 Å². The van der Waals surface area contributed by atoms with Crippen LogP contribution in [0, 0.1) is 0 Å². The number of nitrogens with one attached hydrogen (secondary N) is 2. The van der Waals surface area contributed by atoms with Crippen molar-refractivity contribution in [1.82, 2.24) is 4.31 Å². The van der Waals surface area contributed by atoms with E-state index in [0.717, 1.165) is 32.4 Å². The van der Waals surface area contributed by atoms with Crippen molar-refractivity contribution in [3.05, 3.63) is 66.2 Å². The molecule has 2 aromatic rings. The largest absolute Gasteiger partial charge is 0.321 e. The fourth-order valence-corrected chi connectivity index (χ4v) is 5.80. The van der Waals surface area contributed by atoms with E-state index < -0.39 is 10.0 Å². The van der Waals surface area contributed by atoms with Gasteiger partial charge in [0, 0.05) is 25.2 Å². The molecule has 2 atom stereocenters. The Bertz CT molecular complexity index is 1040. The number of carbonyl (C=O) groups excluding carboxylic acids is 1. The lowest BCUT2D eigenvalue weighted by atomic mass is 9.99. The van der Waals surface area contributed by atoms with Crippen molar-refractivity contribution in [3.63, 3.8) is 0 Å². The SMILES string of the molecule is C[C@H](C(=O)Nc1ccc(S(=O)(=O)N2CCCC2)cc1)[NH+]1CC=C(c2ccccc2)CC1. The molecule has 2 N–H and O–H groups in total. The van der Waals surface area contributed by atoms with E-state index in [4.69, 9.17) is 0 Å². The standard InChI is InChI=1S/C24H29N3O3S/c1-19(26-17-13-21(14-18-26)20-7-3-2-4-8-20)24(28)25-22-9-11-23(12-10-22)31(29,30)27-15-5-6-16-27/h2-4,7-13,19H,5-6,14-18H2,1H3,(H,25,28)/p+1/t19-/m1/s1. The Morgan fingerprint density at radius 1 is 1.03 bits per heavy atom. The molecule has 0 saturated carbocycles. The lowest BCUT2D eigenvalue weighted by Gasteiger charge is -2.28. The number of amides is 1. The molecule has 7 heteroatoms. The minimum atomic E-state index is -3.44. The Hall–Kier alpha value is -2.48. The molecule has 0 aliphatic carbocycles. The van der Waals surface area contributed by atoms with Crippen LogP contribution in [0.3, 0.4) is 0 Å². The van der Waals surface area contributed by atoms with Crippen LogP contribution in [0.1, 0.15) is 31.7 Å². The molecule has 0 bridgehead atoms. The zero-order chi connectivity index (χ0) is 21.8. The number of hydrogen-bond acceptors (Lipinski definition) is 3. The maximum absolute atomic E-state index is 12.8. The van der Waals surface area contributed by atoms with E-state index >= 15 is 0 Å². The molecule has 0 radical (unpaired) electrons. The second kappa shape index (κ2) is 9.34. The molecule has 0 spiro atoms. The molecule has 6 nitrogen and oxygen atoms in total. The smallest absolute Gasteiger partial charge is 0.282 e. The quantitative estimate of drug-likeness (QED) is 0.723. The minimum absolute atomic E-state index is 0.0540. The molecule has 2 aliphatic rings. The normalized spacial score (nSPS) is 20.8. The molecule has 2 heterocycles. The topological polar surface area (TPSA) is 70.9 Å². The third-order valence-corrected chi connectivity index (χ3v) is 8.21. The van der Waals surface area contributed by atoms with Gasteiger partial charge < -0.3 is 10.2 Å². The zero-order valence-corrected chi connectivity index (χ0v) is 18.7. The summed E-state index contributed by atoms with van der Waals surface area (Å²) in [5.41, 5.74) is 3.21. The van der Waals surface area contributed by atoms with E-state index in [-0.39, 0.29) is 16.8 Å². The first-order chi connectivity index (χ1) is 14.9. The van der Waals surface area contributed by atoms with Gasteiger partial charge in [-0.15, -0.1) is 0 Å². The number of quaternary nitrogens is 1. The highest BCUT2D eigenvalue weighted by Crippen LogP contribution is 2.22. The summed E-state index contributed by atoms with van der Waals surface area (Å²) in [5, 5.41) is 2.94. The average Bonchev–Trinajstić information content (AvgIpc) is 3.36. The number of hydrogen-bond donors (Lipinski definition) is 2. The van der Waals surface area contributed by atoms with Gasteiger partial charge in [-0.05, 0) is 61.2 Å². The van der Waals surface area contributed by atoms with Crippen LogP contribution >= 0.6 is 0 Å². The van der Waals surface area contributed by atoms with Crippen molar-refractivity contribution in [1.29, 1.82) is 0 Å². The van der Waals surface area contributed by atoms with E-state index in [0.29, 0.717) is 18.8 Å². The van der Waals surface area contributed by atoms with Gasteiger partial charge in [-0.2, -0.15) is 4.31 Å². The Morgan fingerprint density at radius 3 is 2.32 bits per heavy atom. The van der Waals surface area contributed by atoms with Gasteiger partial charge in [-0.3, -0.25) is 4.79 Å². The monoisotopic (exact) mass is 440 g/mol. The van der Waals surface area contributed by atoms with Crippen molar-refractivity contribution in [2.45, 2.75) is 37.1 Å². The first kappa shape index (κ1) is 21.7. The Morgan fingerprint density at radius 2 is 1.71 bits per heavy atom. The Balaban J connectivity index is 1.35. The van der Waals surface area contributed by atoms with E-state index in [9.17, 15) is 13.2 Å². The summed E-state index contributed by atoms with van der Waals surface area (Å²) in [4.78, 5) is 14.3. The maximum Gasteiger partial charge on any atom is 0.282 e. The molecule has 1 fully saturated rings. The second-order valence-corrected chi connectivity index (χ2v) is 10.2. The molecule has 1 saturated heterocycles. The van der Waals surface area contributed by atoms with Crippen molar-refractivity contribution >= 4 is 27.2 Å². The highest BCUT2D eigenvalue weighted by atomic mass is 32.2. The number of anilines is 1. The van der Waals surface area contributed by atoms with Gasteiger partial charge >= 0.3 is 0 Å². The summed E-state index contributed by atoms with van der Waals surface area (Å²) in [5.74, 6) is -0.0540. The van der Waals surface area contributed by atoms with Gasteiger partial charge in [0.05, 0.1) is 18.0 Å². The van der Waals surface area contributed by atoms with Crippen LogP contribution in [-0.2, 0) is 14.8 Å². The third-order valence-electron chi connectivity index (χ3n) is 6.30. The summed E-state index contributed by atoms with van der Waals surface area (Å²) >= 11 is 0. The molecule has 1 unspecified atom stereocenters. The van der Waals surface area contributed by atoms with Crippen LogP contribution in [0.4, 0.5) is 5.69 Å². The van der Waals surface area contributed by atoms with Gasteiger partial charge in [0.25, 0.3) is 5.91 Å². The molecular weight excluding hydrogens is 410 g/mol. The van der Waals surface area contributed by atoms with Crippen LogP contribution in [0.15, 0.2) is 65.6 Å². The second-order valence-electron chi connectivity index (χ2n) is 8.30. The molecule has 0 aromatic heterocycles. The van der Waals surface area contributed by atoms with E-state index in [1.54, 1.807) is 24.3 Å². The molecule has 4 rings (SSSR count). The maximum atomic E-state index is 12.8. The van der Waals surface area contributed by atoms with Crippen molar-refractivity contribution < 1.29 is 18.1 Å². The highest BCUT2D eigenvalue weighted by molar-refractivity contribution is 7.89. The first-order valence-electron chi connectivity index (χ1n) is 11.0. The van der Waals surface area contributed by atoms with Crippen LogP contribution < -0.4 is 10.2 Å². The number of rotatable bonds is 6. The fraction of sp³-hybridized carbons (Fsp3) is 0.375. The molecule has 1 amide bonds. The van der Waals surface area contributed by atoms with Gasteiger partial charge in [0.2, 0.25) is 10.0 Å². The van der Waals surface area contributed by atoms with Gasteiger partial charge in [0.1, 0.15) is 0 Å². The van der Waals surface area contributed by atoms with Crippen molar-refractivity contribution in [3.8, 4) is 0 Å². The molecule has 2 aromatic carbocycles. The summed E-state index contributed by atoms with van der Waals surface area (Å²) in [6.45, 7) is 4.82. The zero-order valence-electron chi connectivity index (χ0n) is 17.9. The summed E-state index contributed by atoms with van der Waals surface area (Å²) in [6.07, 6.45) is 4.99. The highest BCUT2D eigenvalue weighted by Gasteiger charge is 2.28. The van der Waals surface area contributed by atoms with Crippen LogP contribution in [0.2, 0.25) is 0 Å². The van der Waals surface area contributed by atoms with Crippen LogP contribution in [0.25, 0.3) is 5.57 Å². The number of benzene rings is 2. The van der Waals surface area contributed by atoms with Gasteiger partial charge in [-0.25, -0.2) is 8.42 Å². The van der Waals surface area contributed by atoms with E-state index in [1.807, 2.05) is 25.1 Å². The summed E-state index contributed by atoms with van der Waals surface area (Å²) in [6, 6.07) is 16.7. The Labute approximate surface area is 184 Å². The molecule has 31 heavy (non-hydrogen) atoms. The van der Waals surface area contributed by atoms with Crippen molar-refractivity contribution in [2.24, 2.45) is 0 Å². The third kappa shape index (κ3) is 4.89. The van der Waals surface area contributed by atoms with E-state index in [1.165, 1.54) is 20.3 Å². The van der Waals surface area contributed by atoms with Gasteiger partial charge in [-0.1, -0.05) is 30.3 Å². The fourth-order valence-electron chi connectivity index (χ4n) is 4.29. The van der Waals surface area contributed by atoms with E-state index in [2.05, 4.69) is 23.5 Å².